The van der Waals surface area contributed by atoms with Crippen LogP contribution >= 0.6 is 0 Å². The fourth-order valence-corrected chi connectivity index (χ4v) is 2.17. The molecule has 0 radical (unpaired) electrons. The van der Waals surface area contributed by atoms with Gasteiger partial charge < -0.3 is 4.90 Å². The maximum atomic E-state index is 11.6. The summed E-state index contributed by atoms with van der Waals surface area (Å²) < 4.78 is 0. The van der Waals surface area contributed by atoms with E-state index in [2.05, 4.69) is 16.8 Å². The predicted molar refractivity (Wildman–Crippen MR) is 77.0 cm³/mol. The lowest BCUT2D eigenvalue weighted by Gasteiger charge is -2.34. The molecule has 20 heavy (non-hydrogen) atoms. The molecule has 1 fully saturated rings. The van der Waals surface area contributed by atoms with Crippen LogP contribution in [0.2, 0.25) is 0 Å². The summed E-state index contributed by atoms with van der Waals surface area (Å²) in [7, 11) is 1.80. The summed E-state index contributed by atoms with van der Waals surface area (Å²) in [5.74, 6) is 6.23. The van der Waals surface area contributed by atoms with Gasteiger partial charge in [-0.25, -0.2) is 0 Å². The Morgan fingerprint density at radius 1 is 1.10 bits per heavy atom. The average Bonchev–Trinajstić information content (AvgIpc) is 2.52. The van der Waals surface area contributed by atoms with Gasteiger partial charge in [0.1, 0.15) is 0 Å². The van der Waals surface area contributed by atoms with Crippen molar-refractivity contribution in [3.05, 3.63) is 65.5 Å². The lowest BCUT2D eigenvalue weighted by molar-refractivity contribution is -0.140. The van der Waals surface area contributed by atoms with Crippen molar-refractivity contribution in [3.63, 3.8) is 0 Å². The smallest absolute Gasteiger partial charge is 0.233 e. The number of rotatable bonds is 1. The topological polar surface area (TPSA) is 33.2 Å². The van der Waals surface area contributed by atoms with E-state index in [0.29, 0.717) is 0 Å². The summed E-state index contributed by atoms with van der Waals surface area (Å²) >= 11 is 0. The Morgan fingerprint density at radius 3 is 2.45 bits per heavy atom. The highest BCUT2D eigenvalue weighted by Gasteiger charge is 2.35. The minimum absolute atomic E-state index is 0.0730. The number of amides is 1. The van der Waals surface area contributed by atoms with Crippen LogP contribution in [-0.2, 0) is 4.79 Å². The number of carbonyl (C=O) groups excluding carboxylic acids is 1. The fraction of sp³-hybridized carbons (Fsp3) is 0.176. The monoisotopic (exact) mass is 262 g/mol. The number of benzene rings is 1. The zero-order chi connectivity index (χ0) is 13.9. The molecule has 0 bridgehead atoms. The Hall–Kier alpha value is -2.60. The first-order valence-corrected chi connectivity index (χ1v) is 6.52. The highest BCUT2D eigenvalue weighted by atomic mass is 16.2. The number of pyridine rings is 1. The summed E-state index contributed by atoms with van der Waals surface area (Å²) in [6, 6.07) is 13.6. The van der Waals surface area contributed by atoms with Crippen LogP contribution in [0, 0.1) is 11.8 Å². The van der Waals surface area contributed by atoms with Crippen LogP contribution in [0.15, 0.2) is 48.7 Å². The first kappa shape index (κ1) is 12.4. The molecule has 0 aliphatic carbocycles. The lowest BCUT2D eigenvalue weighted by Crippen LogP contribution is -2.48. The number of nitrogens with zero attached hydrogens (tertiary/aromatic N) is 2. The third-order valence-corrected chi connectivity index (χ3v) is 3.40. The number of aromatic nitrogens is 1. The molecule has 0 spiro atoms. The lowest BCUT2D eigenvalue weighted by atomic mass is 9.95. The molecule has 0 saturated carbocycles. The number of likely N-dealkylation sites (tertiary alicyclic amines) is 1. The maximum absolute atomic E-state index is 11.6. The van der Waals surface area contributed by atoms with Gasteiger partial charge in [0, 0.05) is 30.9 Å². The second kappa shape index (κ2) is 5.18. The van der Waals surface area contributed by atoms with Crippen LogP contribution in [0.25, 0.3) is 0 Å². The van der Waals surface area contributed by atoms with Gasteiger partial charge in [-0.1, -0.05) is 30.0 Å². The van der Waals surface area contributed by atoms with Crippen LogP contribution in [0.3, 0.4) is 0 Å². The molecule has 1 aliphatic heterocycles. The van der Waals surface area contributed by atoms with Gasteiger partial charge in [0.05, 0.1) is 11.6 Å². The minimum Gasteiger partial charge on any atom is -0.344 e. The Bertz CT molecular complexity index is 680. The normalized spacial score (nSPS) is 17.1. The Balaban J connectivity index is 1.74. The Labute approximate surface area is 118 Å². The van der Waals surface area contributed by atoms with E-state index in [1.165, 1.54) is 0 Å². The molecular formula is C17H14N2O. The molecule has 1 unspecified atom stereocenters. The van der Waals surface area contributed by atoms with Gasteiger partial charge in [-0.2, -0.15) is 0 Å². The summed E-state index contributed by atoms with van der Waals surface area (Å²) in [5, 5.41) is 0. The number of hydrogen-bond acceptors (Lipinski definition) is 2. The average molecular weight is 262 g/mol. The summed E-state index contributed by atoms with van der Waals surface area (Å²) in [6.07, 6.45) is 1.73. The Kier molecular flexibility index (Phi) is 3.22. The van der Waals surface area contributed by atoms with Crippen LogP contribution in [-0.4, -0.2) is 29.4 Å². The third kappa shape index (κ3) is 2.41. The van der Waals surface area contributed by atoms with Gasteiger partial charge in [0.2, 0.25) is 5.91 Å². The number of carbonyl (C=O) groups is 1. The van der Waals surface area contributed by atoms with E-state index in [0.717, 1.165) is 23.4 Å². The van der Waals surface area contributed by atoms with Crippen molar-refractivity contribution < 1.29 is 4.79 Å². The Morgan fingerprint density at radius 2 is 1.85 bits per heavy atom. The molecular weight excluding hydrogens is 248 g/mol. The van der Waals surface area contributed by atoms with Crippen molar-refractivity contribution in [3.8, 4) is 11.8 Å². The predicted octanol–water partition coefficient (Wildman–Crippen LogP) is 2.04. The number of β-lactam (4-membered cyclic amide) rings is 1. The van der Waals surface area contributed by atoms with Crippen molar-refractivity contribution in [2.45, 2.75) is 5.92 Å². The van der Waals surface area contributed by atoms with E-state index in [4.69, 9.17) is 0 Å². The van der Waals surface area contributed by atoms with E-state index in [-0.39, 0.29) is 11.8 Å². The molecule has 0 N–H and O–H groups in total. The van der Waals surface area contributed by atoms with Crippen molar-refractivity contribution >= 4 is 5.91 Å². The fourth-order valence-electron chi connectivity index (χ4n) is 2.17. The van der Waals surface area contributed by atoms with Gasteiger partial charge in [0.15, 0.2) is 0 Å². The second-order valence-corrected chi connectivity index (χ2v) is 4.86. The quantitative estimate of drug-likeness (QED) is 0.582. The SMILES string of the molecule is CN1CC(c2ccc(C#Cc3ccccc3)cn2)C1=O. The van der Waals surface area contributed by atoms with Gasteiger partial charge >= 0.3 is 0 Å². The molecule has 2 heterocycles. The second-order valence-electron chi connectivity index (χ2n) is 4.86. The molecule has 2 aromatic rings. The first-order valence-electron chi connectivity index (χ1n) is 6.52. The minimum atomic E-state index is -0.0730. The van der Waals surface area contributed by atoms with Crippen molar-refractivity contribution in [1.29, 1.82) is 0 Å². The molecule has 3 heteroatoms. The van der Waals surface area contributed by atoms with Gasteiger partial charge in [-0.05, 0) is 24.3 Å². The van der Waals surface area contributed by atoms with E-state index in [9.17, 15) is 4.79 Å². The highest BCUT2D eigenvalue weighted by molar-refractivity contribution is 5.88. The summed E-state index contributed by atoms with van der Waals surface area (Å²) in [5.41, 5.74) is 2.67. The van der Waals surface area contributed by atoms with Crippen molar-refractivity contribution in [1.82, 2.24) is 9.88 Å². The largest absolute Gasteiger partial charge is 0.344 e. The number of likely N-dealkylation sites (N-methyl/N-ethyl adjacent to an activating group) is 1. The first-order chi connectivity index (χ1) is 9.74. The maximum Gasteiger partial charge on any atom is 0.233 e. The molecule has 1 aliphatic rings. The molecule has 1 atom stereocenters. The van der Waals surface area contributed by atoms with Crippen molar-refractivity contribution in [2.75, 3.05) is 13.6 Å². The molecule has 3 rings (SSSR count). The van der Waals surface area contributed by atoms with Gasteiger partial charge in [-0.3, -0.25) is 9.78 Å². The van der Waals surface area contributed by atoms with E-state index in [1.807, 2.05) is 42.5 Å². The molecule has 1 saturated heterocycles. The molecule has 1 amide bonds. The van der Waals surface area contributed by atoms with Crippen LogP contribution in [0.1, 0.15) is 22.7 Å². The summed E-state index contributed by atoms with van der Waals surface area (Å²) in [6.45, 7) is 0.751. The van der Waals surface area contributed by atoms with Crippen molar-refractivity contribution in [2.24, 2.45) is 0 Å². The van der Waals surface area contributed by atoms with Gasteiger partial charge in [-0.15, -0.1) is 0 Å². The van der Waals surface area contributed by atoms with E-state index >= 15 is 0 Å². The standard InChI is InChI=1S/C17H14N2O/c1-19-12-15(17(19)20)16-10-9-14(11-18-16)8-7-13-5-3-2-4-6-13/h2-6,9-11,15H,12H2,1H3. The number of hydrogen-bond donors (Lipinski definition) is 0. The van der Waals surface area contributed by atoms with Crippen LogP contribution in [0.4, 0.5) is 0 Å². The molecule has 3 nitrogen and oxygen atoms in total. The third-order valence-electron chi connectivity index (χ3n) is 3.40. The zero-order valence-electron chi connectivity index (χ0n) is 11.2. The van der Waals surface area contributed by atoms with E-state index < -0.39 is 0 Å². The van der Waals surface area contributed by atoms with Crippen LogP contribution in [0.5, 0.6) is 0 Å². The van der Waals surface area contributed by atoms with E-state index in [1.54, 1.807) is 18.1 Å². The van der Waals surface area contributed by atoms with Gasteiger partial charge in [0.25, 0.3) is 0 Å². The molecule has 1 aromatic carbocycles. The molecule has 98 valence electrons. The molecule has 1 aromatic heterocycles. The highest BCUT2D eigenvalue weighted by Crippen LogP contribution is 2.25. The zero-order valence-corrected chi connectivity index (χ0v) is 11.2. The summed E-state index contributed by atoms with van der Waals surface area (Å²) in [4.78, 5) is 17.7. The van der Waals surface area contributed by atoms with Crippen LogP contribution < -0.4 is 0 Å².